The first-order chi connectivity index (χ1) is 10.4. The number of carbonyl (C=O) groups excluding carboxylic acids is 1. The number of hydrogen-bond acceptors (Lipinski definition) is 4. The maximum Gasteiger partial charge on any atom is 0.260 e. The molecule has 2 N–H and O–H groups in total. The van der Waals surface area contributed by atoms with Gasteiger partial charge < -0.3 is 19.6 Å². The molecule has 0 bridgehead atoms. The molecule has 0 aliphatic rings. The molecular formula is C17H21NO4. The van der Waals surface area contributed by atoms with Crippen LogP contribution in [-0.4, -0.2) is 23.7 Å². The third-order valence-corrected chi connectivity index (χ3v) is 3.36. The van der Waals surface area contributed by atoms with Crippen molar-refractivity contribution in [1.29, 1.82) is 0 Å². The first kappa shape index (κ1) is 16.1. The van der Waals surface area contributed by atoms with Gasteiger partial charge in [-0.05, 0) is 45.0 Å². The molecule has 1 heterocycles. The topological polar surface area (TPSA) is 71.7 Å². The number of nitrogens with one attached hydrogen (secondary N) is 1. The van der Waals surface area contributed by atoms with Crippen LogP contribution >= 0.6 is 0 Å². The normalized spacial score (nSPS) is 14.9. The average Bonchev–Trinajstić information content (AvgIpc) is 3.02. The molecule has 2 aromatic rings. The standard InChI is InChI=1S/C17H21NO4/c1-12-6-8-14(9-7-12)22-13(2)16(19)18-11-17(3,20)15-5-4-10-21-15/h4-10,13,20H,11H2,1-3H3,(H,18,19). The zero-order valence-corrected chi connectivity index (χ0v) is 13.0. The molecule has 0 fully saturated rings. The molecular weight excluding hydrogens is 282 g/mol. The predicted octanol–water partition coefficient (Wildman–Crippen LogP) is 2.38. The van der Waals surface area contributed by atoms with Crippen molar-refractivity contribution in [2.45, 2.75) is 32.5 Å². The van der Waals surface area contributed by atoms with Crippen molar-refractivity contribution in [2.24, 2.45) is 0 Å². The number of ether oxygens (including phenoxy) is 1. The number of hydrogen-bond donors (Lipinski definition) is 2. The molecule has 22 heavy (non-hydrogen) atoms. The summed E-state index contributed by atoms with van der Waals surface area (Å²) in [5.74, 6) is 0.735. The smallest absolute Gasteiger partial charge is 0.260 e. The highest BCUT2D eigenvalue weighted by molar-refractivity contribution is 5.80. The zero-order chi connectivity index (χ0) is 16.2. The summed E-state index contributed by atoms with van der Waals surface area (Å²) in [6.07, 6.45) is 0.824. The molecule has 5 nitrogen and oxygen atoms in total. The maximum atomic E-state index is 12.1. The van der Waals surface area contributed by atoms with Gasteiger partial charge in [-0.25, -0.2) is 0 Å². The van der Waals surface area contributed by atoms with E-state index < -0.39 is 11.7 Å². The molecule has 1 amide bonds. The van der Waals surface area contributed by atoms with Crippen LogP contribution in [0.2, 0.25) is 0 Å². The van der Waals surface area contributed by atoms with Crippen LogP contribution in [0.3, 0.4) is 0 Å². The van der Waals surface area contributed by atoms with E-state index >= 15 is 0 Å². The zero-order valence-electron chi connectivity index (χ0n) is 13.0. The Bertz CT molecular complexity index is 602. The molecule has 2 rings (SSSR count). The van der Waals surface area contributed by atoms with Crippen molar-refractivity contribution in [2.75, 3.05) is 6.54 Å². The molecule has 118 valence electrons. The van der Waals surface area contributed by atoms with E-state index in [0.29, 0.717) is 11.5 Å². The first-order valence-corrected chi connectivity index (χ1v) is 7.16. The third kappa shape index (κ3) is 4.11. The van der Waals surface area contributed by atoms with Crippen molar-refractivity contribution in [3.63, 3.8) is 0 Å². The van der Waals surface area contributed by atoms with Crippen molar-refractivity contribution in [3.8, 4) is 5.75 Å². The Morgan fingerprint density at radius 3 is 2.64 bits per heavy atom. The van der Waals surface area contributed by atoms with E-state index in [1.54, 1.807) is 26.0 Å². The van der Waals surface area contributed by atoms with Crippen molar-refractivity contribution in [1.82, 2.24) is 5.32 Å². The molecule has 0 radical (unpaired) electrons. The highest BCUT2D eigenvalue weighted by Crippen LogP contribution is 2.20. The molecule has 1 aromatic heterocycles. The van der Waals surface area contributed by atoms with Crippen LogP contribution in [0.5, 0.6) is 5.75 Å². The fourth-order valence-electron chi connectivity index (χ4n) is 1.95. The number of benzene rings is 1. The minimum Gasteiger partial charge on any atom is -0.481 e. The first-order valence-electron chi connectivity index (χ1n) is 7.16. The molecule has 0 aliphatic carbocycles. The van der Waals surface area contributed by atoms with Gasteiger partial charge >= 0.3 is 0 Å². The summed E-state index contributed by atoms with van der Waals surface area (Å²) in [4.78, 5) is 12.1. The molecule has 2 atom stereocenters. The summed E-state index contributed by atoms with van der Waals surface area (Å²) in [6, 6.07) is 10.8. The lowest BCUT2D eigenvalue weighted by molar-refractivity contribution is -0.128. The fourth-order valence-corrected chi connectivity index (χ4v) is 1.95. The van der Waals surface area contributed by atoms with Gasteiger partial charge in [-0.3, -0.25) is 4.79 Å². The Hall–Kier alpha value is -2.27. The molecule has 0 spiro atoms. The van der Waals surface area contributed by atoms with E-state index in [9.17, 15) is 9.90 Å². The minimum absolute atomic E-state index is 0.0426. The maximum absolute atomic E-state index is 12.1. The summed E-state index contributed by atoms with van der Waals surface area (Å²) in [5.41, 5.74) is -0.137. The highest BCUT2D eigenvalue weighted by Gasteiger charge is 2.28. The van der Waals surface area contributed by atoms with E-state index in [0.717, 1.165) is 5.56 Å². The van der Waals surface area contributed by atoms with Gasteiger partial charge in [0.2, 0.25) is 0 Å². The van der Waals surface area contributed by atoms with E-state index in [1.807, 2.05) is 31.2 Å². The number of rotatable bonds is 6. The van der Waals surface area contributed by atoms with Crippen LogP contribution < -0.4 is 10.1 Å². The predicted molar refractivity (Wildman–Crippen MR) is 82.6 cm³/mol. The number of aryl methyl sites for hydroxylation is 1. The minimum atomic E-state index is -1.26. The number of aliphatic hydroxyl groups is 1. The summed E-state index contributed by atoms with van der Waals surface area (Å²) in [5, 5.41) is 12.9. The number of furan rings is 1. The van der Waals surface area contributed by atoms with E-state index in [4.69, 9.17) is 9.15 Å². The second kappa shape index (κ2) is 6.66. The van der Waals surface area contributed by atoms with Gasteiger partial charge in [0.15, 0.2) is 6.10 Å². The van der Waals surface area contributed by atoms with E-state index in [-0.39, 0.29) is 12.5 Å². The Balaban J connectivity index is 1.87. The molecule has 5 heteroatoms. The fraction of sp³-hybridized carbons (Fsp3) is 0.353. The lowest BCUT2D eigenvalue weighted by Crippen LogP contribution is -2.43. The summed E-state index contributed by atoms with van der Waals surface area (Å²) in [6.45, 7) is 5.27. The van der Waals surface area contributed by atoms with Crippen molar-refractivity contribution in [3.05, 3.63) is 54.0 Å². The lowest BCUT2D eigenvalue weighted by atomic mass is 10.0. The van der Waals surface area contributed by atoms with Crippen LogP contribution in [0.4, 0.5) is 0 Å². The van der Waals surface area contributed by atoms with Gasteiger partial charge in [-0.1, -0.05) is 17.7 Å². The Labute approximate surface area is 129 Å². The summed E-state index contributed by atoms with van der Waals surface area (Å²) >= 11 is 0. The largest absolute Gasteiger partial charge is 0.481 e. The van der Waals surface area contributed by atoms with Gasteiger partial charge in [-0.2, -0.15) is 0 Å². The van der Waals surface area contributed by atoms with Crippen LogP contribution in [0.25, 0.3) is 0 Å². The molecule has 0 saturated heterocycles. The molecule has 0 saturated carbocycles. The second-order valence-corrected chi connectivity index (χ2v) is 5.54. The van der Waals surface area contributed by atoms with Crippen molar-refractivity contribution >= 4 is 5.91 Å². The van der Waals surface area contributed by atoms with Gasteiger partial charge in [0.25, 0.3) is 5.91 Å². The van der Waals surface area contributed by atoms with Gasteiger partial charge in [0.1, 0.15) is 17.1 Å². The summed E-state index contributed by atoms with van der Waals surface area (Å²) < 4.78 is 10.7. The van der Waals surface area contributed by atoms with Crippen LogP contribution in [0.15, 0.2) is 47.1 Å². The van der Waals surface area contributed by atoms with Crippen LogP contribution in [-0.2, 0) is 10.4 Å². The third-order valence-electron chi connectivity index (χ3n) is 3.36. The molecule has 2 unspecified atom stereocenters. The van der Waals surface area contributed by atoms with Gasteiger partial charge in [0.05, 0.1) is 12.8 Å². The van der Waals surface area contributed by atoms with E-state index in [2.05, 4.69) is 5.32 Å². The monoisotopic (exact) mass is 303 g/mol. The molecule has 1 aromatic carbocycles. The summed E-state index contributed by atoms with van der Waals surface area (Å²) in [7, 11) is 0. The average molecular weight is 303 g/mol. The van der Waals surface area contributed by atoms with Gasteiger partial charge in [0, 0.05) is 0 Å². The second-order valence-electron chi connectivity index (χ2n) is 5.54. The molecule has 0 aliphatic heterocycles. The Morgan fingerprint density at radius 1 is 1.36 bits per heavy atom. The number of amides is 1. The van der Waals surface area contributed by atoms with E-state index in [1.165, 1.54) is 6.26 Å². The van der Waals surface area contributed by atoms with Crippen LogP contribution in [0, 0.1) is 6.92 Å². The van der Waals surface area contributed by atoms with Crippen LogP contribution in [0.1, 0.15) is 25.2 Å². The lowest BCUT2D eigenvalue weighted by Gasteiger charge is -2.22. The van der Waals surface area contributed by atoms with Gasteiger partial charge in [-0.15, -0.1) is 0 Å². The Kier molecular flexibility index (Phi) is 4.88. The Morgan fingerprint density at radius 2 is 2.05 bits per heavy atom. The highest BCUT2D eigenvalue weighted by atomic mass is 16.5. The SMILES string of the molecule is Cc1ccc(OC(C)C(=O)NCC(C)(O)c2ccco2)cc1. The van der Waals surface area contributed by atoms with Crippen molar-refractivity contribution < 1.29 is 19.1 Å². The number of carbonyl (C=O) groups is 1. The quantitative estimate of drug-likeness (QED) is 0.859.